The fourth-order valence-corrected chi connectivity index (χ4v) is 2.10. The van der Waals surface area contributed by atoms with Gasteiger partial charge in [0.05, 0.1) is 0 Å². The van der Waals surface area contributed by atoms with E-state index in [9.17, 15) is 9.00 Å². The smallest absolute Gasteiger partial charge is 0.321 e. The number of carboxylic acids is 1. The molecule has 0 fully saturated rings. The van der Waals surface area contributed by atoms with E-state index in [0.29, 0.717) is 5.75 Å². The normalized spacial score (nSPS) is 15.2. The molecule has 0 saturated heterocycles. The van der Waals surface area contributed by atoms with E-state index in [2.05, 4.69) is 6.92 Å². The Morgan fingerprint density at radius 3 is 2.62 bits per heavy atom. The fourth-order valence-electron chi connectivity index (χ4n) is 0.868. The highest BCUT2D eigenvalue weighted by molar-refractivity contribution is 7.85. The minimum absolute atomic E-state index is 0.0685. The van der Waals surface area contributed by atoms with Crippen LogP contribution >= 0.6 is 0 Å². The van der Waals surface area contributed by atoms with Crippen LogP contribution in [0.1, 0.15) is 26.2 Å². The molecule has 0 aliphatic carbocycles. The number of nitrogens with two attached hydrogens (primary N) is 1. The van der Waals surface area contributed by atoms with Gasteiger partial charge in [-0.05, 0) is 6.42 Å². The molecule has 0 heterocycles. The molecular weight excluding hydrogens is 190 g/mol. The lowest BCUT2D eigenvalue weighted by molar-refractivity contribution is -0.137. The number of hydrogen-bond acceptors (Lipinski definition) is 3. The third kappa shape index (κ3) is 6.72. The van der Waals surface area contributed by atoms with Crippen molar-refractivity contribution in [2.24, 2.45) is 5.73 Å². The molecule has 0 amide bonds. The lowest BCUT2D eigenvalue weighted by Gasteiger charge is -2.05. The van der Waals surface area contributed by atoms with Gasteiger partial charge in [-0.2, -0.15) is 0 Å². The number of carbonyl (C=O) groups is 1. The molecule has 5 heteroatoms. The Balaban J connectivity index is 3.56. The first kappa shape index (κ1) is 12.6. The first-order valence-electron chi connectivity index (χ1n) is 4.41. The Kier molecular flexibility index (Phi) is 6.80. The molecule has 4 nitrogen and oxygen atoms in total. The number of aliphatic carboxylic acids is 1. The van der Waals surface area contributed by atoms with Gasteiger partial charge in [0.25, 0.3) is 0 Å². The van der Waals surface area contributed by atoms with Gasteiger partial charge in [-0.25, -0.2) is 0 Å². The van der Waals surface area contributed by atoms with Crippen LogP contribution in [0.5, 0.6) is 0 Å². The van der Waals surface area contributed by atoms with E-state index in [-0.39, 0.29) is 5.75 Å². The standard InChI is InChI=1S/C8H17NO3S/c1-2-3-4-5-13(12)6-7(9)8(10)11/h7H,2-6,9H2,1H3,(H,10,11). The highest BCUT2D eigenvalue weighted by Crippen LogP contribution is 1.97. The van der Waals surface area contributed by atoms with E-state index < -0.39 is 22.8 Å². The average Bonchev–Trinajstić information content (AvgIpc) is 2.04. The van der Waals surface area contributed by atoms with Gasteiger partial charge in [0, 0.05) is 22.3 Å². The number of rotatable bonds is 7. The summed E-state index contributed by atoms with van der Waals surface area (Å²) in [5.41, 5.74) is 5.23. The first-order valence-corrected chi connectivity index (χ1v) is 5.90. The summed E-state index contributed by atoms with van der Waals surface area (Å²) in [5, 5.41) is 8.44. The SMILES string of the molecule is CCCCCS(=O)CC(N)C(=O)O. The van der Waals surface area contributed by atoms with Crippen molar-refractivity contribution in [3.8, 4) is 0 Å². The summed E-state index contributed by atoms with van der Waals surface area (Å²) in [6.45, 7) is 2.06. The van der Waals surface area contributed by atoms with Gasteiger partial charge in [-0.1, -0.05) is 19.8 Å². The Labute approximate surface area is 81.0 Å². The third-order valence-electron chi connectivity index (χ3n) is 1.66. The number of unbranched alkanes of at least 4 members (excludes halogenated alkanes) is 2. The van der Waals surface area contributed by atoms with Gasteiger partial charge in [-0.3, -0.25) is 9.00 Å². The summed E-state index contributed by atoms with van der Waals surface area (Å²) in [6.07, 6.45) is 2.99. The molecule has 0 bridgehead atoms. The van der Waals surface area contributed by atoms with Crippen molar-refractivity contribution in [1.29, 1.82) is 0 Å². The quantitative estimate of drug-likeness (QED) is 0.590. The van der Waals surface area contributed by atoms with E-state index >= 15 is 0 Å². The Morgan fingerprint density at radius 2 is 2.15 bits per heavy atom. The van der Waals surface area contributed by atoms with E-state index in [1.54, 1.807) is 0 Å². The molecule has 3 N–H and O–H groups in total. The second-order valence-corrected chi connectivity index (χ2v) is 4.58. The lowest BCUT2D eigenvalue weighted by atomic mass is 10.3. The predicted molar refractivity (Wildman–Crippen MR) is 53.0 cm³/mol. The molecule has 2 atom stereocenters. The van der Waals surface area contributed by atoms with Crippen molar-refractivity contribution >= 4 is 16.8 Å². The van der Waals surface area contributed by atoms with E-state index in [1.807, 2.05) is 0 Å². The molecule has 78 valence electrons. The van der Waals surface area contributed by atoms with Crippen LogP contribution in [0, 0.1) is 0 Å². The van der Waals surface area contributed by atoms with Crippen LogP contribution in [0.25, 0.3) is 0 Å². The van der Waals surface area contributed by atoms with Gasteiger partial charge in [0.2, 0.25) is 0 Å². The predicted octanol–water partition coefficient (Wildman–Crippen LogP) is 0.337. The van der Waals surface area contributed by atoms with Crippen molar-refractivity contribution < 1.29 is 14.1 Å². The minimum Gasteiger partial charge on any atom is -0.480 e. The second kappa shape index (κ2) is 7.03. The van der Waals surface area contributed by atoms with Crippen LogP contribution in [0.3, 0.4) is 0 Å². The zero-order valence-electron chi connectivity index (χ0n) is 7.86. The maximum absolute atomic E-state index is 11.2. The van der Waals surface area contributed by atoms with Gasteiger partial charge in [0.1, 0.15) is 6.04 Å². The Morgan fingerprint density at radius 1 is 1.54 bits per heavy atom. The zero-order chi connectivity index (χ0) is 10.3. The van der Waals surface area contributed by atoms with Crippen LogP contribution < -0.4 is 5.73 Å². The molecule has 0 aromatic carbocycles. The second-order valence-electron chi connectivity index (χ2n) is 2.96. The van der Waals surface area contributed by atoms with Crippen LogP contribution in [0.15, 0.2) is 0 Å². The molecule has 0 aromatic rings. The van der Waals surface area contributed by atoms with Crippen molar-refractivity contribution in [3.05, 3.63) is 0 Å². The summed E-state index contributed by atoms with van der Waals surface area (Å²) in [4.78, 5) is 10.3. The fraction of sp³-hybridized carbons (Fsp3) is 0.875. The van der Waals surface area contributed by atoms with Gasteiger partial charge in [-0.15, -0.1) is 0 Å². The van der Waals surface area contributed by atoms with Crippen molar-refractivity contribution in [2.45, 2.75) is 32.2 Å². The Hall–Kier alpha value is -0.420. The van der Waals surface area contributed by atoms with Gasteiger partial charge in [0.15, 0.2) is 0 Å². The molecule has 0 aliphatic heterocycles. The topological polar surface area (TPSA) is 80.4 Å². The van der Waals surface area contributed by atoms with E-state index in [1.165, 1.54) is 0 Å². The van der Waals surface area contributed by atoms with E-state index in [4.69, 9.17) is 10.8 Å². The van der Waals surface area contributed by atoms with Crippen molar-refractivity contribution in [3.63, 3.8) is 0 Å². The molecule has 13 heavy (non-hydrogen) atoms. The summed E-state index contributed by atoms with van der Waals surface area (Å²) < 4.78 is 11.2. The number of carboxylic acid groups (broad SMARTS) is 1. The van der Waals surface area contributed by atoms with Crippen molar-refractivity contribution in [1.82, 2.24) is 0 Å². The maximum atomic E-state index is 11.2. The monoisotopic (exact) mass is 207 g/mol. The van der Waals surface area contributed by atoms with Crippen LogP contribution in [-0.2, 0) is 15.6 Å². The van der Waals surface area contributed by atoms with E-state index in [0.717, 1.165) is 19.3 Å². The summed E-state index contributed by atoms with van der Waals surface area (Å²) >= 11 is 0. The first-order chi connectivity index (χ1) is 6.07. The van der Waals surface area contributed by atoms with Gasteiger partial charge < -0.3 is 10.8 Å². The molecule has 0 radical (unpaired) electrons. The summed E-state index contributed by atoms with van der Waals surface area (Å²) in [7, 11) is -1.08. The highest BCUT2D eigenvalue weighted by atomic mass is 32.2. The largest absolute Gasteiger partial charge is 0.480 e. The zero-order valence-corrected chi connectivity index (χ0v) is 8.68. The molecule has 0 spiro atoms. The number of hydrogen-bond donors (Lipinski definition) is 2. The molecular formula is C8H17NO3S. The Bertz CT molecular complexity index is 184. The van der Waals surface area contributed by atoms with Crippen LogP contribution in [-0.4, -0.2) is 32.8 Å². The molecule has 2 unspecified atom stereocenters. The molecule has 0 aromatic heterocycles. The van der Waals surface area contributed by atoms with Crippen molar-refractivity contribution in [2.75, 3.05) is 11.5 Å². The maximum Gasteiger partial charge on any atom is 0.321 e. The van der Waals surface area contributed by atoms with Crippen LogP contribution in [0.4, 0.5) is 0 Å². The average molecular weight is 207 g/mol. The molecule has 0 rings (SSSR count). The summed E-state index contributed by atoms with van der Waals surface area (Å²) in [6, 6.07) is -0.984. The molecule has 0 saturated carbocycles. The minimum atomic E-state index is -1.08. The van der Waals surface area contributed by atoms with Gasteiger partial charge >= 0.3 is 5.97 Å². The highest BCUT2D eigenvalue weighted by Gasteiger charge is 2.14. The third-order valence-corrected chi connectivity index (χ3v) is 3.13. The lowest BCUT2D eigenvalue weighted by Crippen LogP contribution is -2.36. The molecule has 0 aliphatic rings. The van der Waals surface area contributed by atoms with Crippen LogP contribution in [0.2, 0.25) is 0 Å². The summed E-state index contributed by atoms with van der Waals surface area (Å²) in [5.74, 6) is -0.447.